The average Bonchev–Trinajstić information content (AvgIpc) is 2.52. The van der Waals surface area contributed by atoms with Crippen LogP contribution in [0.15, 0.2) is 42.5 Å². The molecule has 0 aromatic heterocycles. The summed E-state index contributed by atoms with van der Waals surface area (Å²) >= 11 is 0. The van der Waals surface area contributed by atoms with Crippen molar-refractivity contribution in [3.05, 3.63) is 48.0 Å². The summed E-state index contributed by atoms with van der Waals surface area (Å²) in [5, 5.41) is 14.2. The normalized spacial score (nSPS) is 21.0. The van der Waals surface area contributed by atoms with E-state index in [9.17, 15) is 14.7 Å². The highest BCUT2D eigenvalue weighted by Crippen LogP contribution is 2.31. The first-order valence-corrected chi connectivity index (χ1v) is 8.10. The van der Waals surface area contributed by atoms with E-state index in [1.54, 1.807) is 7.11 Å². The van der Waals surface area contributed by atoms with Gasteiger partial charge in [-0.25, -0.2) is 0 Å². The van der Waals surface area contributed by atoms with Crippen molar-refractivity contribution in [2.45, 2.75) is 31.4 Å². The zero-order valence-corrected chi connectivity index (χ0v) is 13.6. The molecule has 0 bridgehead atoms. The summed E-state index contributed by atoms with van der Waals surface area (Å²) in [6.45, 7) is 0. The lowest BCUT2D eigenvalue weighted by molar-refractivity contribution is -0.138. The highest BCUT2D eigenvalue weighted by atomic mass is 16.5. The molecule has 2 aromatic rings. The number of amides is 1. The van der Waals surface area contributed by atoms with Crippen LogP contribution in [-0.2, 0) is 14.3 Å². The SMILES string of the molecule is COC1CC(C(=O)N[C@@H](CC(=O)O)c2ccc3ccccc3c2)C1. The Morgan fingerprint density at radius 3 is 2.58 bits per heavy atom. The molecule has 1 amide bonds. The predicted molar refractivity (Wildman–Crippen MR) is 90.6 cm³/mol. The van der Waals surface area contributed by atoms with Crippen molar-refractivity contribution in [2.75, 3.05) is 7.11 Å². The van der Waals surface area contributed by atoms with Crippen molar-refractivity contribution in [1.82, 2.24) is 5.32 Å². The molecule has 0 radical (unpaired) electrons. The quantitative estimate of drug-likeness (QED) is 0.855. The summed E-state index contributed by atoms with van der Waals surface area (Å²) in [6.07, 6.45) is 1.39. The largest absolute Gasteiger partial charge is 0.481 e. The Labute approximate surface area is 140 Å². The maximum atomic E-state index is 12.4. The summed E-state index contributed by atoms with van der Waals surface area (Å²) in [7, 11) is 1.64. The van der Waals surface area contributed by atoms with Gasteiger partial charge in [-0.2, -0.15) is 0 Å². The molecule has 2 N–H and O–H groups in total. The minimum Gasteiger partial charge on any atom is -0.481 e. The lowest BCUT2D eigenvalue weighted by Gasteiger charge is -2.34. The van der Waals surface area contributed by atoms with E-state index in [4.69, 9.17) is 4.74 Å². The van der Waals surface area contributed by atoms with Gasteiger partial charge in [0.2, 0.25) is 5.91 Å². The van der Waals surface area contributed by atoms with Crippen LogP contribution in [0.25, 0.3) is 10.8 Å². The van der Waals surface area contributed by atoms with Gasteiger partial charge in [0.1, 0.15) is 0 Å². The lowest BCUT2D eigenvalue weighted by atomic mass is 9.81. The van der Waals surface area contributed by atoms with Gasteiger partial charge >= 0.3 is 5.97 Å². The number of carboxylic acids is 1. The number of nitrogens with one attached hydrogen (secondary N) is 1. The highest BCUT2D eigenvalue weighted by molar-refractivity contribution is 5.84. The Bertz CT molecular complexity index is 752. The summed E-state index contributed by atoms with van der Waals surface area (Å²) in [4.78, 5) is 23.6. The van der Waals surface area contributed by atoms with E-state index >= 15 is 0 Å². The molecule has 2 aromatic carbocycles. The number of methoxy groups -OCH3 is 1. The van der Waals surface area contributed by atoms with Gasteiger partial charge in [0.15, 0.2) is 0 Å². The van der Waals surface area contributed by atoms with Crippen LogP contribution in [0.5, 0.6) is 0 Å². The smallest absolute Gasteiger partial charge is 0.305 e. The molecule has 0 spiro atoms. The Morgan fingerprint density at radius 1 is 1.21 bits per heavy atom. The number of carbonyl (C=O) groups excluding carboxylic acids is 1. The van der Waals surface area contributed by atoms with Crippen LogP contribution in [0.4, 0.5) is 0 Å². The second kappa shape index (κ2) is 7.01. The van der Waals surface area contributed by atoms with Crippen molar-refractivity contribution in [3.8, 4) is 0 Å². The maximum absolute atomic E-state index is 12.4. The fraction of sp³-hybridized carbons (Fsp3) is 0.368. The van der Waals surface area contributed by atoms with Gasteiger partial charge < -0.3 is 15.2 Å². The molecular weight excluding hydrogens is 306 g/mol. The third kappa shape index (κ3) is 3.57. The second-order valence-corrected chi connectivity index (χ2v) is 6.29. The van der Waals surface area contributed by atoms with Crippen LogP contribution >= 0.6 is 0 Å². The van der Waals surface area contributed by atoms with Gasteiger partial charge in [0.25, 0.3) is 0 Å². The molecule has 0 aliphatic heterocycles. The molecule has 1 atom stereocenters. The molecule has 5 heteroatoms. The van der Waals surface area contributed by atoms with Gasteiger partial charge in [-0.3, -0.25) is 9.59 Å². The third-order valence-corrected chi connectivity index (χ3v) is 4.67. The van der Waals surface area contributed by atoms with Crippen molar-refractivity contribution in [2.24, 2.45) is 5.92 Å². The van der Waals surface area contributed by atoms with E-state index in [1.807, 2.05) is 42.5 Å². The fourth-order valence-corrected chi connectivity index (χ4v) is 3.11. The van der Waals surface area contributed by atoms with Gasteiger partial charge in [0.05, 0.1) is 18.6 Å². The molecule has 1 aliphatic rings. The number of fused-ring (bicyclic) bond motifs is 1. The van der Waals surface area contributed by atoms with Crippen molar-refractivity contribution in [3.63, 3.8) is 0 Å². The molecule has 0 saturated heterocycles. The highest BCUT2D eigenvalue weighted by Gasteiger charge is 2.35. The summed E-state index contributed by atoms with van der Waals surface area (Å²) < 4.78 is 5.19. The Balaban J connectivity index is 1.77. The van der Waals surface area contributed by atoms with Crippen molar-refractivity contribution < 1.29 is 19.4 Å². The number of hydrogen-bond donors (Lipinski definition) is 2. The monoisotopic (exact) mass is 327 g/mol. The maximum Gasteiger partial charge on any atom is 0.305 e. The van der Waals surface area contributed by atoms with Crippen molar-refractivity contribution >= 4 is 22.6 Å². The van der Waals surface area contributed by atoms with Gasteiger partial charge in [-0.1, -0.05) is 36.4 Å². The number of benzene rings is 2. The van der Waals surface area contributed by atoms with Crippen LogP contribution in [0.3, 0.4) is 0 Å². The van der Waals surface area contributed by atoms with E-state index in [0.717, 1.165) is 16.3 Å². The lowest BCUT2D eigenvalue weighted by Crippen LogP contribution is -2.43. The number of rotatable bonds is 6. The second-order valence-electron chi connectivity index (χ2n) is 6.29. The molecule has 1 aliphatic carbocycles. The van der Waals surface area contributed by atoms with Crippen LogP contribution in [0.2, 0.25) is 0 Å². The standard InChI is InChI=1S/C19H21NO4/c1-24-16-9-15(10-16)19(23)20-17(11-18(21)22)14-7-6-12-4-2-3-5-13(12)8-14/h2-8,15-17H,9-11H2,1H3,(H,20,23)(H,21,22)/t15?,16?,17-/m0/s1. The summed E-state index contributed by atoms with van der Waals surface area (Å²) in [5.74, 6) is -1.12. The number of carboxylic acid groups (broad SMARTS) is 1. The Hall–Kier alpha value is -2.40. The molecule has 126 valence electrons. The molecule has 24 heavy (non-hydrogen) atoms. The van der Waals surface area contributed by atoms with Crippen LogP contribution < -0.4 is 5.32 Å². The zero-order valence-electron chi connectivity index (χ0n) is 13.6. The van der Waals surface area contributed by atoms with E-state index in [1.165, 1.54) is 0 Å². The third-order valence-electron chi connectivity index (χ3n) is 4.67. The first-order valence-electron chi connectivity index (χ1n) is 8.10. The molecule has 0 heterocycles. The van der Waals surface area contributed by atoms with E-state index < -0.39 is 12.0 Å². The van der Waals surface area contributed by atoms with Gasteiger partial charge in [-0.05, 0) is 35.2 Å². The Kier molecular flexibility index (Phi) is 4.81. The molecule has 1 saturated carbocycles. The minimum absolute atomic E-state index is 0.0910. The molecule has 0 unspecified atom stereocenters. The molecule has 5 nitrogen and oxygen atoms in total. The van der Waals surface area contributed by atoms with E-state index in [-0.39, 0.29) is 24.3 Å². The number of hydrogen-bond acceptors (Lipinski definition) is 3. The number of ether oxygens (including phenoxy) is 1. The first-order chi connectivity index (χ1) is 11.6. The van der Waals surface area contributed by atoms with E-state index in [2.05, 4.69) is 5.32 Å². The van der Waals surface area contributed by atoms with Gasteiger partial charge in [0, 0.05) is 13.0 Å². The van der Waals surface area contributed by atoms with Crippen LogP contribution in [0.1, 0.15) is 30.9 Å². The average molecular weight is 327 g/mol. The van der Waals surface area contributed by atoms with Crippen LogP contribution in [0, 0.1) is 5.92 Å². The van der Waals surface area contributed by atoms with Crippen molar-refractivity contribution in [1.29, 1.82) is 0 Å². The van der Waals surface area contributed by atoms with Crippen LogP contribution in [-0.4, -0.2) is 30.2 Å². The topological polar surface area (TPSA) is 75.6 Å². The molecule has 1 fully saturated rings. The fourth-order valence-electron chi connectivity index (χ4n) is 3.11. The summed E-state index contributed by atoms with van der Waals surface area (Å²) in [5.41, 5.74) is 0.812. The molecule has 3 rings (SSSR count). The summed E-state index contributed by atoms with van der Waals surface area (Å²) in [6, 6.07) is 13.1. The van der Waals surface area contributed by atoms with E-state index in [0.29, 0.717) is 12.8 Å². The number of carbonyl (C=O) groups is 2. The van der Waals surface area contributed by atoms with Gasteiger partial charge in [-0.15, -0.1) is 0 Å². The predicted octanol–water partition coefficient (Wildman–Crippen LogP) is 2.90. The zero-order chi connectivity index (χ0) is 17.1. The first kappa shape index (κ1) is 16.5. The number of aliphatic carboxylic acids is 1. The molecular formula is C19H21NO4. The Morgan fingerprint density at radius 2 is 1.92 bits per heavy atom. The minimum atomic E-state index is -0.933.